The maximum Gasteiger partial charge on any atom is 0.311 e. The molecule has 0 unspecified atom stereocenters. The largest absolute Gasteiger partial charge is 0.450 e. The molecule has 0 aliphatic carbocycles. The van der Waals surface area contributed by atoms with Crippen molar-refractivity contribution in [2.45, 2.75) is 5.75 Å². The molecule has 0 atom stereocenters. The molecule has 0 aliphatic rings. The fourth-order valence-electron chi connectivity index (χ4n) is 2.23. The molecule has 28 heavy (non-hydrogen) atoms. The molecular weight excluding hydrogens is 398 g/mol. The van der Waals surface area contributed by atoms with Crippen LogP contribution in [0.15, 0.2) is 42.5 Å². The first-order chi connectivity index (χ1) is 13.2. The Bertz CT molecular complexity index is 900. The van der Waals surface area contributed by atoms with Gasteiger partial charge in [-0.05, 0) is 29.8 Å². The van der Waals surface area contributed by atoms with Gasteiger partial charge < -0.3 is 14.5 Å². The predicted molar refractivity (Wildman–Crippen MR) is 115 cm³/mol. The minimum Gasteiger partial charge on any atom is -0.450 e. The van der Waals surface area contributed by atoms with Gasteiger partial charge in [0.15, 0.2) is 0 Å². The number of carbonyl (C=O) groups is 1. The molecule has 2 aromatic rings. The van der Waals surface area contributed by atoms with Gasteiger partial charge in [0.2, 0.25) is 5.75 Å². The number of carbonyl (C=O) groups excluding carboxylic acids is 1. The molecule has 0 saturated carbocycles. The van der Waals surface area contributed by atoms with E-state index in [4.69, 9.17) is 17.0 Å². The number of rotatable bonds is 6. The fraction of sp³-hybridized carbons (Fsp3) is 0.263. The molecule has 0 heterocycles. The Morgan fingerprint density at radius 3 is 2.46 bits per heavy atom. The number of ether oxygens (including phenoxy) is 1. The van der Waals surface area contributed by atoms with Crippen molar-refractivity contribution in [2.75, 3.05) is 28.2 Å². The molecule has 0 aromatic heterocycles. The zero-order chi connectivity index (χ0) is 20.8. The van der Waals surface area contributed by atoms with Crippen molar-refractivity contribution in [3.63, 3.8) is 0 Å². The third kappa shape index (κ3) is 5.67. The second-order valence-electron chi connectivity index (χ2n) is 6.34. The van der Waals surface area contributed by atoms with Gasteiger partial charge in [-0.1, -0.05) is 36.1 Å². The average Bonchev–Trinajstić information content (AvgIpc) is 2.65. The maximum absolute atomic E-state index is 12.1. The van der Waals surface area contributed by atoms with E-state index in [-0.39, 0.29) is 17.3 Å². The number of nitro benzene ring substituents is 1. The fourth-order valence-corrected chi connectivity index (χ4v) is 3.14. The van der Waals surface area contributed by atoms with Crippen LogP contribution >= 0.6 is 24.0 Å². The highest BCUT2D eigenvalue weighted by molar-refractivity contribution is 8.22. The van der Waals surface area contributed by atoms with Gasteiger partial charge in [-0.15, -0.1) is 0 Å². The number of amides is 1. The van der Waals surface area contributed by atoms with Gasteiger partial charge in [-0.3, -0.25) is 14.9 Å². The highest BCUT2D eigenvalue weighted by Gasteiger charge is 2.18. The lowest BCUT2D eigenvalue weighted by Crippen LogP contribution is -2.21. The van der Waals surface area contributed by atoms with Crippen LogP contribution < -0.4 is 4.74 Å². The minimum atomic E-state index is -0.495. The van der Waals surface area contributed by atoms with Crippen LogP contribution in [-0.4, -0.2) is 53.1 Å². The summed E-state index contributed by atoms with van der Waals surface area (Å²) in [5.74, 6) is 0.852. The third-order valence-corrected chi connectivity index (χ3v) is 5.47. The number of thiocarbonyl (C=S) groups is 1. The topological polar surface area (TPSA) is 75.9 Å². The lowest BCUT2D eigenvalue weighted by Gasteiger charge is -2.14. The van der Waals surface area contributed by atoms with Crippen LogP contribution in [0.25, 0.3) is 0 Å². The van der Waals surface area contributed by atoms with E-state index in [9.17, 15) is 14.9 Å². The predicted octanol–water partition coefficient (Wildman–Crippen LogP) is 4.17. The molecule has 0 aliphatic heterocycles. The van der Waals surface area contributed by atoms with Crippen molar-refractivity contribution in [1.29, 1.82) is 0 Å². The van der Waals surface area contributed by atoms with Crippen LogP contribution in [-0.2, 0) is 5.75 Å². The summed E-state index contributed by atoms with van der Waals surface area (Å²) in [5.41, 5.74) is 1.14. The van der Waals surface area contributed by atoms with Gasteiger partial charge in [-0.25, -0.2) is 0 Å². The number of nitro groups is 1. The van der Waals surface area contributed by atoms with E-state index >= 15 is 0 Å². The van der Waals surface area contributed by atoms with Crippen molar-refractivity contribution >= 4 is 39.9 Å². The minimum absolute atomic E-state index is 0.119. The number of thioether (sulfide) groups is 1. The Morgan fingerprint density at radius 2 is 1.86 bits per heavy atom. The molecule has 0 spiro atoms. The summed E-state index contributed by atoms with van der Waals surface area (Å²) in [6.07, 6.45) is 0. The summed E-state index contributed by atoms with van der Waals surface area (Å²) >= 11 is 6.71. The molecule has 0 saturated heterocycles. The lowest BCUT2D eigenvalue weighted by molar-refractivity contribution is -0.385. The van der Waals surface area contributed by atoms with Crippen LogP contribution in [0.4, 0.5) is 5.69 Å². The lowest BCUT2D eigenvalue weighted by atomic mass is 10.2. The summed E-state index contributed by atoms with van der Waals surface area (Å²) in [6, 6.07) is 11.3. The molecule has 9 heteroatoms. The third-order valence-electron chi connectivity index (χ3n) is 3.66. The summed E-state index contributed by atoms with van der Waals surface area (Å²) in [5, 5.41) is 11.4. The molecule has 0 N–H and O–H groups in total. The van der Waals surface area contributed by atoms with Crippen molar-refractivity contribution in [2.24, 2.45) is 0 Å². The summed E-state index contributed by atoms with van der Waals surface area (Å²) < 4.78 is 6.49. The maximum atomic E-state index is 12.1. The van der Waals surface area contributed by atoms with E-state index in [0.717, 1.165) is 9.88 Å². The van der Waals surface area contributed by atoms with E-state index in [1.54, 1.807) is 50.5 Å². The molecule has 0 radical (unpaired) electrons. The van der Waals surface area contributed by atoms with E-state index in [2.05, 4.69) is 0 Å². The monoisotopic (exact) mass is 419 g/mol. The SMILES string of the molecule is CN(C)C(=O)c1cccc(Oc2cc(CSC(=S)N(C)C)ccc2[N+](=O)[O-])c1. The van der Waals surface area contributed by atoms with Crippen molar-refractivity contribution < 1.29 is 14.5 Å². The van der Waals surface area contributed by atoms with Gasteiger partial charge in [-0.2, -0.15) is 0 Å². The summed E-state index contributed by atoms with van der Waals surface area (Å²) in [6.45, 7) is 0. The molecular formula is C19H21N3O4S2. The van der Waals surface area contributed by atoms with Crippen molar-refractivity contribution in [1.82, 2.24) is 9.80 Å². The highest BCUT2D eigenvalue weighted by atomic mass is 32.2. The van der Waals surface area contributed by atoms with Crippen LogP contribution in [0.5, 0.6) is 11.5 Å². The second-order valence-corrected chi connectivity index (χ2v) is 7.95. The zero-order valence-corrected chi connectivity index (χ0v) is 17.7. The van der Waals surface area contributed by atoms with E-state index in [1.165, 1.54) is 22.7 Å². The van der Waals surface area contributed by atoms with Crippen LogP contribution in [0, 0.1) is 10.1 Å². The van der Waals surface area contributed by atoms with Crippen LogP contribution in [0.2, 0.25) is 0 Å². The Hall–Kier alpha value is -2.65. The number of benzene rings is 2. The van der Waals surface area contributed by atoms with Crippen LogP contribution in [0.1, 0.15) is 15.9 Å². The molecule has 2 rings (SSSR count). The molecule has 0 bridgehead atoms. The quantitative estimate of drug-likeness (QED) is 0.395. The van der Waals surface area contributed by atoms with Gasteiger partial charge in [0.25, 0.3) is 5.91 Å². The summed E-state index contributed by atoms with van der Waals surface area (Å²) in [7, 11) is 7.03. The van der Waals surface area contributed by atoms with Gasteiger partial charge in [0, 0.05) is 45.6 Å². The average molecular weight is 420 g/mol. The Balaban J connectivity index is 2.29. The van der Waals surface area contributed by atoms with E-state index < -0.39 is 4.92 Å². The van der Waals surface area contributed by atoms with Gasteiger partial charge in [0.1, 0.15) is 10.1 Å². The first-order valence-electron chi connectivity index (χ1n) is 8.30. The first-order valence-corrected chi connectivity index (χ1v) is 9.69. The standard InChI is InChI=1S/C19H21N3O4S2/c1-20(2)18(23)14-6-5-7-15(11-14)26-17-10-13(8-9-16(17)22(24)25)12-28-19(27)21(3)4/h5-11H,12H2,1-4H3. The number of hydrogen-bond acceptors (Lipinski definition) is 6. The number of hydrogen-bond donors (Lipinski definition) is 0. The molecule has 2 aromatic carbocycles. The van der Waals surface area contributed by atoms with E-state index in [0.29, 0.717) is 17.1 Å². The molecule has 7 nitrogen and oxygen atoms in total. The summed E-state index contributed by atoms with van der Waals surface area (Å²) in [4.78, 5) is 26.3. The van der Waals surface area contributed by atoms with E-state index in [1.807, 2.05) is 19.0 Å². The smallest absolute Gasteiger partial charge is 0.311 e. The first kappa shape index (κ1) is 21.6. The normalized spacial score (nSPS) is 10.3. The van der Waals surface area contributed by atoms with Crippen molar-refractivity contribution in [3.8, 4) is 11.5 Å². The van der Waals surface area contributed by atoms with Crippen molar-refractivity contribution in [3.05, 3.63) is 63.7 Å². The Morgan fingerprint density at radius 1 is 1.14 bits per heavy atom. The molecule has 1 amide bonds. The van der Waals surface area contributed by atoms with Gasteiger partial charge in [0.05, 0.1) is 4.92 Å². The molecule has 148 valence electrons. The molecule has 0 fully saturated rings. The Labute approximate surface area is 173 Å². The second kappa shape index (κ2) is 9.52. The number of nitrogens with zero attached hydrogens (tertiary/aromatic N) is 3. The highest BCUT2D eigenvalue weighted by Crippen LogP contribution is 2.33. The Kier molecular flexibility index (Phi) is 7.36. The zero-order valence-electron chi connectivity index (χ0n) is 16.0. The van der Waals surface area contributed by atoms with Crippen LogP contribution in [0.3, 0.4) is 0 Å². The van der Waals surface area contributed by atoms with Gasteiger partial charge >= 0.3 is 5.69 Å².